The summed E-state index contributed by atoms with van der Waals surface area (Å²) in [5, 5.41) is 22.7. The lowest BCUT2D eigenvalue weighted by Gasteiger charge is -2.22. The fourth-order valence-corrected chi connectivity index (χ4v) is 9.60. The monoisotopic (exact) mass is 1070 g/mol. The van der Waals surface area contributed by atoms with E-state index in [2.05, 4.69) is 100 Å². The van der Waals surface area contributed by atoms with Gasteiger partial charge in [-0.2, -0.15) is 0 Å². The first-order valence-corrected chi connectivity index (χ1v) is 26.2. The van der Waals surface area contributed by atoms with Gasteiger partial charge in [0.15, 0.2) is 0 Å². The number of carboxylic acid groups (broad SMARTS) is 1. The normalized spacial score (nSPS) is 15.5. The van der Waals surface area contributed by atoms with E-state index in [4.69, 9.17) is 21.3 Å². The van der Waals surface area contributed by atoms with E-state index < -0.39 is 17.7 Å². The Morgan fingerprint density at radius 2 is 1.11 bits per heavy atom. The minimum atomic E-state index is -0.900. The number of nitrogens with zero attached hydrogens (tertiary/aromatic N) is 8. The number of hydrogen-bond donors (Lipinski definition) is 7. The van der Waals surface area contributed by atoms with Crippen molar-refractivity contribution < 1.29 is 24.2 Å². The van der Waals surface area contributed by atoms with Gasteiger partial charge in [-0.1, -0.05) is 65.8 Å². The molecule has 400 valence electrons. The standard InChI is InChI=1S/C25H29N7OS.C22H28N6O2.C8H11NO2S/c1-25(2,3)23-29-14-21(34-23)22(33)31-20-8-6-15-11-16(5-7-18(15)20)19-9-10-28-24(32-19)30-17(12-26)13-27-4;1-22(2,3)30-21(29)28-19-8-6-14-11-15(5-7-17(14)19)18-9-10-25-20(27-18)26-16(12-23)13-24-4;1-8(2,3)7-9-4-5(12-7)6(10)11/h5,7,9-14,20H,6,8,26H2,1-4H3,(H,31,33)(H,28,30,32);5,7,9-13,19H,6,8,23H2,1-4H3,(H,28,29)(H,25,26,27);4H,1-3H3,(H,10,11). The van der Waals surface area contributed by atoms with E-state index in [0.717, 1.165) is 69.3 Å². The minimum Gasteiger partial charge on any atom is -0.477 e. The van der Waals surface area contributed by atoms with Crippen molar-refractivity contribution in [3.05, 3.63) is 139 Å². The zero-order valence-corrected chi connectivity index (χ0v) is 46.5. The highest BCUT2D eigenvalue weighted by Gasteiger charge is 2.29. The predicted octanol–water partition coefficient (Wildman–Crippen LogP) is 9.93. The van der Waals surface area contributed by atoms with Crippen LogP contribution in [0.15, 0.2) is 107 Å². The summed E-state index contributed by atoms with van der Waals surface area (Å²) >= 11 is 2.70. The van der Waals surface area contributed by atoms with Gasteiger partial charge < -0.3 is 42.6 Å². The molecule has 4 aromatic heterocycles. The van der Waals surface area contributed by atoms with E-state index in [1.807, 2.05) is 71.9 Å². The molecule has 19 nitrogen and oxygen atoms in total. The third-order valence-corrected chi connectivity index (χ3v) is 14.3. The van der Waals surface area contributed by atoms with Crippen molar-refractivity contribution in [3.8, 4) is 22.5 Å². The Morgan fingerprint density at radius 3 is 1.50 bits per heavy atom. The highest BCUT2D eigenvalue weighted by Crippen LogP contribution is 2.36. The number of nitrogens with two attached hydrogens (primary N) is 2. The van der Waals surface area contributed by atoms with E-state index in [1.165, 1.54) is 52.4 Å². The average molecular weight is 1070 g/mol. The van der Waals surface area contributed by atoms with Crippen LogP contribution in [-0.4, -0.2) is 85.1 Å². The van der Waals surface area contributed by atoms with Crippen molar-refractivity contribution in [2.24, 2.45) is 21.5 Å². The molecule has 0 fully saturated rings. The molecule has 2 amide bonds. The van der Waals surface area contributed by atoms with Crippen molar-refractivity contribution in [2.45, 2.75) is 117 Å². The number of alkyl carbamates (subject to hydrolysis) is 1. The second-order valence-corrected chi connectivity index (χ2v) is 22.9. The van der Waals surface area contributed by atoms with Crippen LogP contribution in [0.5, 0.6) is 0 Å². The molecule has 2 aliphatic rings. The maximum Gasteiger partial charge on any atom is 0.408 e. The lowest BCUT2D eigenvalue weighted by Crippen LogP contribution is -2.34. The van der Waals surface area contributed by atoms with Gasteiger partial charge in [-0.15, -0.1) is 22.7 Å². The number of aromatic nitrogens is 6. The molecule has 0 bridgehead atoms. The minimum absolute atomic E-state index is 0.00931. The van der Waals surface area contributed by atoms with Crippen LogP contribution in [-0.2, 0) is 28.4 Å². The quantitative estimate of drug-likeness (QED) is 0.0561. The summed E-state index contributed by atoms with van der Waals surface area (Å²) in [6.45, 7) is 17.9. The molecule has 21 heteroatoms. The number of anilines is 2. The predicted molar refractivity (Wildman–Crippen MR) is 303 cm³/mol. The van der Waals surface area contributed by atoms with Gasteiger partial charge in [0.2, 0.25) is 11.9 Å². The Bertz CT molecular complexity index is 3140. The summed E-state index contributed by atoms with van der Waals surface area (Å²) in [5.41, 5.74) is 20.0. The number of carboxylic acids is 1. The van der Waals surface area contributed by atoms with Crippen LogP contribution >= 0.6 is 22.7 Å². The summed E-state index contributed by atoms with van der Waals surface area (Å²) in [5.74, 6) is -0.0863. The Hall–Kier alpha value is -7.91. The number of allylic oxidation sites excluding steroid dienone is 2. The lowest BCUT2D eigenvalue weighted by atomic mass is 9.98. The summed E-state index contributed by atoms with van der Waals surface area (Å²) in [6, 6.07) is 16.1. The Morgan fingerprint density at radius 1 is 0.658 bits per heavy atom. The number of ether oxygens (including phenoxy) is 1. The fraction of sp³-hybridized carbons (Fsp3) is 0.364. The zero-order chi connectivity index (χ0) is 55.4. The number of nitrogens with one attached hydrogen (secondary N) is 4. The first-order chi connectivity index (χ1) is 36.0. The number of hydrogen-bond acceptors (Lipinski definition) is 18. The molecule has 4 heterocycles. The fourth-order valence-electron chi connectivity index (χ4n) is 7.91. The van der Waals surface area contributed by atoms with E-state index in [1.54, 1.807) is 45.1 Å². The van der Waals surface area contributed by atoms with E-state index >= 15 is 0 Å². The molecule has 2 aliphatic carbocycles. The van der Waals surface area contributed by atoms with Crippen LogP contribution in [0.3, 0.4) is 0 Å². The first-order valence-electron chi connectivity index (χ1n) is 24.6. The molecule has 0 saturated heterocycles. The second-order valence-electron chi connectivity index (χ2n) is 20.8. The number of fused-ring (bicyclic) bond motifs is 2. The average Bonchev–Trinajstić information content (AvgIpc) is 4.21. The number of rotatable bonds is 12. The van der Waals surface area contributed by atoms with Crippen molar-refractivity contribution in [1.82, 2.24) is 40.5 Å². The molecule has 2 unspecified atom stereocenters. The number of aliphatic imine (C=N–C) groups is 2. The van der Waals surface area contributed by atoms with Gasteiger partial charge in [0.25, 0.3) is 5.91 Å². The first kappa shape index (κ1) is 57.4. The smallest absolute Gasteiger partial charge is 0.408 e. The summed E-state index contributed by atoms with van der Waals surface area (Å²) in [4.78, 5) is 70.5. The van der Waals surface area contributed by atoms with Crippen LogP contribution in [0, 0.1) is 0 Å². The maximum absolute atomic E-state index is 12.8. The van der Waals surface area contributed by atoms with Gasteiger partial charge in [-0.05, 0) is 93.0 Å². The third kappa shape index (κ3) is 15.8. The number of thiazole rings is 2. The summed E-state index contributed by atoms with van der Waals surface area (Å²) < 4.78 is 5.38. The highest BCUT2D eigenvalue weighted by molar-refractivity contribution is 7.14. The van der Waals surface area contributed by atoms with Crippen LogP contribution < -0.4 is 32.7 Å². The van der Waals surface area contributed by atoms with Gasteiger partial charge in [-0.3, -0.25) is 14.8 Å². The topological polar surface area (TPSA) is 283 Å². The SMILES string of the molecule is CC(C)(C)c1ncc(C(=O)O)s1.CN=CC(=CN)Nc1nccc(-c2ccc3c(c2)CCC3NC(=O)OC(C)(C)C)n1.CN=CC(=CN)Nc1nccc(-c2ccc3c(c2)CCC3NC(=O)c2cnc(C(C)(C)C)s2)n1. The van der Waals surface area contributed by atoms with Crippen LogP contribution in [0.25, 0.3) is 22.5 Å². The van der Waals surface area contributed by atoms with E-state index in [0.29, 0.717) is 33.0 Å². The number of benzene rings is 2. The molecule has 8 rings (SSSR count). The molecule has 0 saturated carbocycles. The highest BCUT2D eigenvalue weighted by atomic mass is 32.1. The largest absolute Gasteiger partial charge is 0.477 e. The molecular weight excluding hydrogens is 1000 g/mol. The van der Waals surface area contributed by atoms with Gasteiger partial charge in [0.05, 0.1) is 57.3 Å². The van der Waals surface area contributed by atoms with Gasteiger partial charge >= 0.3 is 12.1 Å². The second kappa shape index (κ2) is 25.1. The van der Waals surface area contributed by atoms with Crippen molar-refractivity contribution in [2.75, 3.05) is 24.7 Å². The van der Waals surface area contributed by atoms with Gasteiger partial charge in [0.1, 0.15) is 15.4 Å². The third-order valence-electron chi connectivity index (χ3n) is 11.5. The number of amides is 2. The van der Waals surface area contributed by atoms with Crippen molar-refractivity contribution >= 4 is 65.0 Å². The molecular formula is C55H68N14O5S2. The van der Waals surface area contributed by atoms with Crippen LogP contribution in [0.2, 0.25) is 0 Å². The Labute approximate surface area is 452 Å². The van der Waals surface area contributed by atoms with Crippen LogP contribution in [0.1, 0.15) is 139 Å². The molecule has 0 spiro atoms. The number of carbonyl (C=O) groups is 3. The zero-order valence-electron chi connectivity index (χ0n) is 44.8. The van der Waals surface area contributed by atoms with Gasteiger partial charge in [0, 0.05) is 73.3 Å². The van der Waals surface area contributed by atoms with E-state index in [-0.39, 0.29) is 28.8 Å². The number of carbonyl (C=O) groups excluding carboxylic acids is 2. The molecule has 0 radical (unpaired) electrons. The Balaban J connectivity index is 0.000000204. The van der Waals surface area contributed by atoms with Crippen molar-refractivity contribution in [1.29, 1.82) is 0 Å². The molecule has 9 N–H and O–H groups in total. The number of aromatic carboxylic acids is 1. The molecule has 2 atom stereocenters. The molecule has 2 aromatic carbocycles. The summed E-state index contributed by atoms with van der Waals surface area (Å²) in [7, 11) is 3.33. The van der Waals surface area contributed by atoms with Gasteiger partial charge in [-0.25, -0.2) is 39.5 Å². The summed E-state index contributed by atoms with van der Waals surface area (Å²) in [6.07, 6.45) is 15.6. The van der Waals surface area contributed by atoms with Crippen molar-refractivity contribution in [3.63, 3.8) is 0 Å². The molecule has 0 aliphatic heterocycles. The molecule has 76 heavy (non-hydrogen) atoms. The maximum atomic E-state index is 12.8. The van der Waals surface area contributed by atoms with E-state index in [9.17, 15) is 14.4 Å². The molecule has 6 aromatic rings. The Kier molecular flexibility index (Phi) is 18.9. The van der Waals surface area contributed by atoms with Crippen LogP contribution in [0.4, 0.5) is 16.7 Å². The number of aryl methyl sites for hydroxylation is 2. The lowest BCUT2D eigenvalue weighted by molar-refractivity contribution is 0.0503.